The average molecular weight is 1120 g/mol. The van der Waals surface area contributed by atoms with Gasteiger partial charge in [-0.3, -0.25) is 0 Å². The maximum Gasteiger partial charge on any atom is 0.338 e. The number of aryl methyl sites for hydroxylation is 1. The van der Waals surface area contributed by atoms with E-state index in [-0.39, 0.29) is 56.3 Å². The summed E-state index contributed by atoms with van der Waals surface area (Å²) in [5.74, 6) is -2.22. The van der Waals surface area contributed by atoms with E-state index in [1.54, 1.807) is 91.0 Å². The van der Waals surface area contributed by atoms with Gasteiger partial charge in [0.1, 0.15) is 36.0 Å². The van der Waals surface area contributed by atoms with Gasteiger partial charge >= 0.3 is 17.9 Å². The third kappa shape index (κ3) is 15.8. The summed E-state index contributed by atoms with van der Waals surface area (Å²) in [7, 11) is 0. The molecule has 0 N–H and O–H groups in total. The smallest absolute Gasteiger partial charge is 0.338 e. The lowest BCUT2D eigenvalue weighted by Crippen LogP contribution is -2.64. The second kappa shape index (κ2) is 29.3. The zero-order valence-electron chi connectivity index (χ0n) is 45.2. The van der Waals surface area contributed by atoms with Gasteiger partial charge in [-0.25, -0.2) is 14.4 Å². The standard InChI is InChI=1S/C68H64O13S/c1-47-37-39-55(40-38-47)82-68-63(81-66(71)54-35-21-8-22-36-54)61(80-65(70)53-33-19-7-20-34-53)59(79-64(69)52-31-17-6-18-32-52)57(78-68)46-76-67-62(75-44-51-29-15-5-16-30-51)60(74-43-50-27-13-4-14-28-50)58(73-42-49-25-11-3-12-26-49)56(77-67)45-72-41-48-23-9-2-10-24-48/h2-40,56-63,67-68H,41-46H2,1H3/t56-,57-,58-,59-,60+,61+,62-,63-,67-,68+/m1/s1. The molecule has 0 aromatic heterocycles. The van der Waals surface area contributed by atoms with Crippen LogP contribution in [0.5, 0.6) is 0 Å². The minimum atomic E-state index is -1.48. The Morgan fingerprint density at radius 1 is 0.366 bits per heavy atom. The average Bonchev–Trinajstić information content (AvgIpc) is 3.61. The van der Waals surface area contributed by atoms with Gasteiger partial charge in [0, 0.05) is 4.90 Å². The van der Waals surface area contributed by atoms with E-state index in [0.29, 0.717) is 0 Å². The Bertz CT molecular complexity index is 3200. The Morgan fingerprint density at radius 2 is 0.744 bits per heavy atom. The van der Waals surface area contributed by atoms with Crippen LogP contribution in [0.2, 0.25) is 0 Å². The normalized spacial score (nSPS) is 22.4. The van der Waals surface area contributed by atoms with Crippen LogP contribution in [0.3, 0.4) is 0 Å². The van der Waals surface area contributed by atoms with Crippen molar-refractivity contribution in [2.75, 3.05) is 13.2 Å². The first-order valence-corrected chi connectivity index (χ1v) is 28.2. The Morgan fingerprint density at radius 3 is 1.21 bits per heavy atom. The molecule has 0 spiro atoms. The fourth-order valence-corrected chi connectivity index (χ4v) is 10.7. The number of ether oxygens (including phenoxy) is 10. The number of hydrogen-bond acceptors (Lipinski definition) is 14. The summed E-state index contributed by atoms with van der Waals surface area (Å²) in [6, 6.07) is 72.3. The van der Waals surface area contributed by atoms with E-state index < -0.39 is 78.5 Å². The Labute approximate surface area is 482 Å². The first kappa shape index (κ1) is 57.5. The number of carbonyl (C=O) groups excluding carboxylic acids is 3. The van der Waals surface area contributed by atoms with E-state index in [1.165, 1.54) is 11.8 Å². The SMILES string of the molecule is Cc1ccc(S[C@@H]2O[C@H](CO[C@@H]3O[C@H](COCc4ccccc4)[C@@H](OCc4ccccc4)[C@H](OCc4ccccc4)[C@H]3OCc3ccccc3)[C@@H](OC(=O)c3ccccc3)[C@H](OC(=O)c3ccccc3)[C@H]2OC(=O)c2ccccc2)cc1. The van der Waals surface area contributed by atoms with Crippen LogP contribution in [-0.4, -0.2) is 91.7 Å². The van der Waals surface area contributed by atoms with Crippen molar-refractivity contribution in [2.45, 2.75) is 98.8 Å². The molecule has 10 rings (SSSR count). The van der Waals surface area contributed by atoms with Crippen LogP contribution in [-0.2, 0) is 73.8 Å². The number of benzene rings is 8. The minimum Gasteiger partial charge on any atom is -0.452 e. The van der Waals surface area contributed by atoms with Crippen LogP contribution in [0.4, 0.5) is 0 Å². The maximum absolute atomic E-state index is 14.5. The minimum absolute atomic E-state index is 0.0588. The highest BCUT2D eigenvalue weighted by Crippen LogP contribution is 2.40. The Hall–Kier alpha value is -7.76. The van der Waals surface area contributed by atoms with Crippen LogP contribution in [0.25, 0.3) is 0 Å². The molecule has 0 saturated carbocycles. The van der Waals surface area contributed by atoms with Crippen molar-refractivity contribution in [2.24, 2.45) is 0 Å². The van der Waals surface area contributed by atoms with E-state index in [2.05, 4.69) is 0 Å². The van der Waals surface area contributed by atoms with Crippen molar-refractivity contribution in [3.63, 3.8) is 0 Å². The highest BCUT2D eigenvalue weighted by molar-refractivity contribution is 7.99. The highest BCUT2D eigenvalue weighted by Gasteiger charge is 2.55. The fourth-order valence-electron chi connectivity index (χ4n) is 9.63. The summed E-state index contributed by atoms with van der Waals surface area (Å²) >= 11 is 1.25. The molecule has 0 unspecified atom stereocenters. The molecule has 2 heterocycles. The van der Waals surface area contributed by atoms with E-state index in [0.717, 1.165) is 32.7 Å². The number of hydrogen-bond donors (Lipinski definition) is 0. The summed E-state index contributed by atoms with van der Waals surface area (Å²) < 4.78 is 68.0. The molecule has 420 valence electrons. The first-order valence-electron chi connectivity index (χ1n) is 27.3. The van der Waals surface area contributed by atoms with E-state index in [1.807, 2.05) is 153 Å². The van der Waals surface area contributed by atoms with Crippen molar-refractivity contribution in [3.05, 3.63) is 281 Å². The lowest BCUT2D eigenvalue weighted by atomic mass is 9.97. The summed E-state index contributed by atoms with van der Waals surface area (Å²) in [5, 5.41) is 0. The van der Waals surface area contributed by atoms with Gasteiger partial charge in [0.05, 0.1) is 56.3 Å². The second-order valence-corrected chi connectivity index (χ2v) is 21.0. The van der Waals surface area contributed by atoms with Gasteiger partial charge in [0.2, 0.25) is 0 Å². The molecule has 82 heavy (non-hydrogen) atoms. The third-order valence-electron chi connectivity index (χ3n) is 13.9. The van der Waals surface area contributed by atoms with Crippen molar-refractivity contribution >= 4 is 29.7 Å². The maximum atomic E-state index is 14.5. The molecule has 2 fully saturated rings. The predicted molar refractivity (Wildman–Crippen MR) is 308 cm³/mol. The van der Waals surface area contributed by atoms with Gasteiger partial charge in [0.25, 0.3) is 0 Å². The largest absolute Gasteiger partial charge is 0.452 e. The second-order valence-electron chi connectivity index (χ2n) is 19.8. The molecule has 8 aromatic rings. The molecule has 13 nitrogen and oxygen atoms in total. The van der Waals surface area contributed by atoms with E-state index in [9.17, 15) is 14.4 Å². The van der Waals surface area contributed by atoms with Crippen molar-refractivity contribution < 1.29 is 61.8 Å². The zero-order chi connectivity index (χ0) is 56.3. The van der Waals surface area contributed by atoms with Gasteiger partial charge in [-0.15, -0.1) is 0 Å². The van der Waals surface area contributed by atoms with Crippen LogP contribution in [0.15, 0.2) is 241 Å². The number of thioether (sulfide) groups is 1. The summed E-state index contributed by atoms with van der Waals surface area (Å²) in [4.78, 5) is 44.1. The van der Waals surface area contributed by atoms with Crippen LogP contribution in [0.1, 0.15) is 58.9 Å². The molecular formula is C68H64O13S. The monoisotopic (exact) mass is 1120 g/mol. The van der Waals surface area contributed by atoms with Crippen molar-refractivity contribution in [3.8, 4) is 0 Å². The molecule has 10 atom stereocenters. The van der Waals surface area contributed by atoms with E-state index in [4.69, 9.17) is 47.4 Å². The predicted octanol–water partition coefficient (Wildman–Crippen LogP) is 12.2. The molecule has 8 aromatic carbocycles. The molecule has 0 radical (unpaired) electrons. The Kier molecular flexibility index (Phi) is 20.5. The van der Waals surface area contributed by atoms with E-state index >= 15 is 0 Å². The highest BCUT2D eigenvalue weighted by atomic mass is 32.2. The quantitative estimate of drug-likeness (QED) is 0.0418. The molecule has 2 aliphatic heterocycles. The Balaban J connectivity index is 1.05. The number of rotatable bonds is 24. The van der Waals surface area contributed by atoms with Crippen molar-refractivity contribution in [1.82, 2.24) is 0 Å². The summed E-state index contributed by atoms with van der Waals surface area (Å²) in [5.41, 5.74) is 4.32. The lowest BCUT2D eigenvalue weighted by molar-refractivity contribution is -0.335. The van der Waals surface area contributed by atoms with Gasteiger partial charge in [-0.05, 0) is 77.7 Å². The fraction of sp³-hybridized carbons (Fsp3) is 0.250. The zero-order valence-corrected chi connectivity index (χ0v) is 46.1. The number of carbonyl (C=O) groups is 3. The summed E-state index contributed by atoms with van der Waals surface area (Å²) in [6.07, 6.45) is -10.2. The number of esters is 3. The van der Waals surface area contributed by atoms with Gasteiger partial charge in [0.15, 0.2) is 24.6 Å². The molecular weight excluding hydrogens is 1060 g/mol. The molecule has 2 aliphatic rings. The third-order valence-corrected chi connectivity index (χ3v) is 15.0. The van der Waals surface area contributed by atoms with Crippen LogP contribution < -0.4 is 0 Å². The summed E-state index contributed by atoms with van der Waals surface area (Å²) in [6.45, 7) is 2.52. The molecule has 2 saturated heterocycles. The lowest BCUT2D eigenvalue weighted by Gasteiger charge is -2.47. The van der Waals surface area contributed by atoms with Gasteiger partial charge < -0.3 is 47.4 Å². The topological polar surface area (TPSA) is 144 Å². The molecule has 14 heteroatoms. The molecule has 0 amide bonds. The first-order chi connectivity index (χ1) is 40.3. The van der Waals surface area contributed by atoms with Gasteiger partial charge in [-0.1, -0.05) is 205 Å². The van der Waals surface area contributed by atoms with Crippen molar-refractivity contribution in [1.29, 1.82) is 0 Å². The molecule has 0 bridgehead atoms. The van der Waals surface area contributed by atoms with Crippen LogP contribution >= 0.6 is 11.8 Å². The van der Waals surface area contributed by atoms with Gasteiger partial charge in [-0.2, -0.15) is 0 Å². The molecule has 0 aliphatic carbocycles. The van der Waals surface area contributed by atoms with Crippen LogP contribution in [0, 0.1) is 6.92 Å².